The third kappa shape index (κ3) is 28.9. The molecule has 0 saturated heterocycles. The highest BCUT2D eigenvalue weighted by molar-refractivity contribution is 9.23. The molecule has 0 aromatic heterocycles. The van der Waals surface area contributed by atoms with Crippen LogP contribution in [0.15, 0.2) is 0 Å². The van der Waals surface area contributed by atoms with Crippen LogP contribution in [0.25, 0.3) is 0 Å². The van der Waals surface area contributed by atoms with E-state index in [-0.39, 0.29) is 18.2 Å². The van der Waals surface area contributed by atoms with Crippen LogP contribution < -0.4 is 0 Å². The van der Waals surface area contributed by atoms with Crippen LogP contribution in [0.3, 0.4) is 0 Å². The second kappa shape index (κ2) is 15.8. The number of rotatable bonds is 2. The molecule has 0 amide bonds. The maximum absolute atomic E-state index is 4.67. The lowest BCUT2D eigenvalue weighted by atomic mass is 10.9. The van der Waals surface area contributed by atoms with Crippen LogP contribution in [0.2, 0.25) is 4.55 Å². The Labute approximate surface area is 73.1 Å². The quantitative estimate of drug-likeness (QED) is 0.493. The highest BCUT2D eigenvalue weighted by Gasteiger charge is 1.73. The summed E-state index contributed by atoms with van der Waals surface area (Å²) >= 11 is 3.62. The van der Waals surface area contributed by atoms with Gasteiger partial charge in [0, 0.05) is 0 Å². The molecule has 0 fully saturated rings. The zero-order valence-corrected chi connectivity index (χ0v) is 8.99. The van der Waals surface area contributed by atoms with Gasteiger partial charge >= 0.3 is 18.2 Å². The SMILES string of the molecule is C#COCC.C[CH2][Mg][Br]. The van der Waals surface area contributed by atoms with E-state index in [9.17, 15) is 0 Å². The van der Waals surface area contributed by atoms with Crippen LogP contribution in [-0.4, -0.2) is 24.8 Å². The molecule has 0 atom stereocenters. The van der Waals surface area contributed by atoms with Crippen molar-refractivity contribution in [1.29, 1.82) is 0 Å². The lowest BCUT2D eigenvalue weighted by Crippen LogP contribution is -1.73. The Bertz CT molecular complexity index is 67.9. The van der Waals surface area contributed by atoms with Crippen molar-refractivity contribution in [2.45, 2.75) is 18.4 Å². The van der Waals surface area contributed by atoms with E-state index in [2.05, 4.69) is 31.0 Å². The maximum Gasteiger partial charge on any atom is 0.468 e. The number of hydrogen-bond donors (Lipinski definition) is 0. The highest BCUT2D eigenvalue weighted by atomic mass is 79.9. The van der Waals surface area contributed by atoms with E-state index in [4.69, 9.17) is 0 Å². The third-order valence-corrected chi connectivity index (χ3v) is 3.17. The zero-order chi connectivity index (χ0) is 7.54. The minimum atomic E-state index is 0.237. The molecule has 0 radical (unpaired) electrons. The van der Waals surface area contributed by atoms with Gasteiger partial charge < -0.3 is 17.6 Å². The Kier molecular flexibility index (Phi) is 21.6. The van der Waals surface area contributed by atoms with Gasteiger partial charge in [-0.15, -0.1) is 4.55 Å². The summed E-state index contributed by atoms with van der Waals surface area (Å²) in [6.45, 7) is 4.65. The van der Waals surface area contributed by atoms with Gasteiger partial charge in [0.25, 0.3) is 0 Å². The van der Waals surface area contributed by atoms with Crippen molar-refractivity contribution in [1.82, 2.24) is 0 Å². The molecule has 0 aromatic carbocycles. The van der Waals surface area contributed by atoms with E-state index >= 15 is 0 Å². The minimum Gasteiger partial charge on any atom is -0.447 e. The molecule has 0 unspecified atom stereocenters. The fraction of sp³-hybridized carbons (Fsp3) is 0.667. The second-order valence-electron chi connectivity index (χ2n) is 1.24. The van der Waals surface area contributed by atoms with Crippen LogP contribution in [0.1, 0.15) is 13.8 Å². The Balaban J connectivity index is 0. The average molecular weight is 203 g/mol. The van der Waals surface area contributed by atoms with Crippen molar-refractivity contribution in [2.24, 2.45) is 0 Å². The van der Waals surface area contributed by atoms with Gasteiger partial charge in [-0.25, -0.2) is 0 Å². The van der Waals surface area contributed by atoms with E-state index in [0.29, 0.717) is 6.61 Å². The normalized spacial score (nSPS) is 5.56. The van der Waals surface area contributed by atoms with Gasteiger partial charge in [0.2, 0.25) is 0 Å². The molecular formula is C6H11BrMgO. The Morgan fingerprint density at radius 1 is 1.67 bits per heavy atom. The Morgan fingerprint density at radius 2 is 2.11 bits per heavy atom. The van der Waals surface area contributed by atoms with Crippen LogP contribution in [0.4, 0.5) is 0 Å². The smallest absolute Gasteiger partial charge is 0.447 e. The van der Waals surface area contributed by atoms with Gasteiger partial charge in [-0.05, 0) is 6.92 Å². The van der Waals surface area contributed by atoms with E-state index in [1.54, 1.807) is 0 Å². The van der Waals surface area contributed by atoms with E-state index in [1.165, 1.54) is 4.55 Å². The predicted octanol–water partition coefficient (Wildman–Crippen LogP) is 2.05. The molecule has 0 aliphatic carbocycles. The number of ether oxygens (including phenoxy) is 1. The fourth-order valence-corrected chi connectivity index (χ4v) is 0.0833. The van der Waals surface area contributed by atoms with E-state index in [0.717, 1.165) is 0 Å². The summed E-state index contributed by atoms with van der Waals surface area (Å²) in [5.74, 6) is 0. The molecule has 0 aromatic rings. The largest absolute Gasteiger partial charge is 0.468 e. The number of hydrogen-bond acceptors (Lipinski definition) is 1. The average Bonchev–Trinajstić information content (AvgIpc) is 1.91. The first kappa shape index (κ1) is 12.3. The first-order valence-electron chi connectivity index (χ1n) is 2.96. The van der Waals surface area contributed by atoms with Crippen LogP contribution in [0, 0.1) is 12.5 Å². The van der Waals surface area contributed by atoms with Crippen LogP contribution >= 0.6 is 12.9 Å². The van der Waals surface area contributed by atoms with Crippen molar-refractivity contribution >= 4 is 31.1 Å². The molecule has 0 spiro atoms. The fourth-order valence-electron chi connectivity index (χ4n) is 0.0833. The molecule has 3 heteroatoms. The molecule has 0 N–H and O–H groups in total. The van der Waals surface area contributed by atoms with Crippen molar-refractivity contribution < 1.29 is 4.74 Å². The topological polar surface area (TPSA) is 9.23 Å². The highest BCUT2D eigenvalue weighted by Crippen LogP contribution is 1.77. The molecule has 9 heavy (non-hydrogen) atoms. The second-order valence-corrected chi connectivity index (χ2v) is 5.00. The van der Waals surface area contributed by atoms with Gasteiger partial charge in [0.15, 0.2) is 0 Å². The third-order valence-electron chi connectivity index (χ3n) is 0.417. The Morgan fingerprint density at radius 3 is 2.11 bits per heavy atom. The zero-order valence-electron chi connectivity index (χ0n) is 5.98. The Hall–Kier alpha value is 0.606. The monoisotopic (exact) mass is 202 g/mol. The molecule has 0 bridgehead atoms. The van der Waals surface area contributed by atoms with Gasteiger partial charge in [-0.1, -0.05) is 13.3 Å². The molecule has 0 aliphatic rings. The predicted molar refractivity (Wildman–Crippen MR) is 45.6 cm³/mol. The van der Waals surface area contributed by atoms with Crippen molar-refractivity contribution in [2.75, 3.05) is 6.61 Å². The standard InChI is InChI=1S/C4H6O.C2H5.BrH.Mg/c1-3-5-4-2;1-2;;/h1H,4H2,2H3;1H2,2H3;1H;/q;;;+1/p-1. The molecule has 0 saturated carbocycles. The number of terminal acetylenes is 1. The van der Waals surface area contributed by atoms with Gasteiger partial charge in [0.1, 0.15) is 6.11 Å². The van der Waals surface area contributed by atoms with Gasteiger partial charge in [-0.3, -0.25) is 0 Å². The van der Waals surface area contributed by atoms with E-state index in [1.807, 2.05) is 13.0 Å². The summed E-state index contributed by atoms with van der Waals surface area (Å²) in [6.07, 6.45) is 6.68. The summed E-state index contributed by atoms with van der Waals surface area (Å²) in [6, 6.07) is 0. The summed E-state index contributed by atoms with van der Waals surface area (Å²) in [4.78, 5) is 0. The van der Waals surface area contributed by atoms with Crippen molar-refractivity contribution in [3.05, 3.63) is 0 Å². The molecule has 0 rings (SSSR count). The summed E-state index contributed by atoms with van der Waals surface area (Å²) < 4.78 is 5.74. The molecule has 0 heterocycles. The van der Waals surface area contributed by atoms with Crippen LogP contribution in [0.5, 0.6) is 0 Å². The first-order valence-corrected chi connectivity index (χ1v) is 7.86. The summed E-state index contributed by atoms with van der Waals surface area (Å²) in [5.41, 5.74) is 0. The summed E-state index contributed by atoms with van der Waals surface area (Å²) in [5, 5.41) is 0. The first-order chi connectivity index (χ1) is 4.33. The molecule has 1 nitrogen and oxygen atoms in total. The van der Waals surface area contributed by atoms with Crippen LogP contribution in [-0.2, 0) is 4.74 Å². The molecule has 50 valence electrons. The van der Waals surface area contributed by atoms with Crippen molar-refractivity contribution in [3.63, 3.8) is 0 Å². The van der Waals surface area contributed by atoms with Gasteiger partial charge in [-0.2, -0.15) is 0 Å². The summed E-state index contributed by atoms with van der Waals surface area (Å²) in [7, 11) is 0. The van der Waals surface area contributed by atoms with E-state index < -0.39 is 0 Å². The molecular weight excluding hydrogens is 192 g/mol. The lowest BCUT2D eigenvalue weighted by Gasteiger charge is -1.79. The molecule has 0 aliphatic heterocycles. The van der Waals surface area contributed by atoms with Crippen molar-refractivity contribution in [3.8, 4) is 12.5 Å². The minimum absolute atomic E-state index is 0.237. The lowest BCUT2D eigenvalue weighted by molar-refractivity contribution is 0.300. The van der Waals surface area contributed by atoms with Gasteiger partial charge in [0.05, 0.1) is 6.61 Å². The maximum atomic E-state index is 4.67. The number of halogens is 1.